The predicted molar refractivity (Wildman–Crippen MR) is 86.7 cm³/mol. The molecule has 2 rings (SSSR count). The lowest BCUT2D eigenvalue weighted by Gasteiger charge is -2.26. The van der Waals surface area contributed by atoms with E-state index in [2.05, 4.69) is 31.3 Å². The van der Waals surface area contributed by atoms with Gasteiger partial charge in [-0.25, -0.2) is 0 Å². The SMILES string of the molecule is CCNCc1ccccc1OCCOC1CCCC(C)C1. The Bertz CT molecular complexity index is 408. The lowest BCUT2D eigenvalue weighted by Crippen LogP contribution is -2.23. The highest BCUT2D eigenvalue weighted by Gasteiger charge is 2.18. The summed E-state index contributed by atoms with van der Waals surface area (Å²) in [4.78, 5) is 0. The smallest absolute Gasteiger partial charge is 0.123 e. The summed E-state index contributed by atoms with van der Waals surface area (Å²) >= 11 is 0. The monoisotopic (exact) mass is 291 g/mol. The molecule has 118 valence electrons. The van der Waals surface area contributed by atoms with Crippen molar-refractivity contribution in [2.45, 2.75) is 52.2 Å². The Labute approximate surface area is 129 Å². The minimum absolute atomic E-state index is 0.439. The molecule has 0 bridgehead atoms. The van der Waals surface area contributed by atoms with Gasteiger partial charge in [0.15, 0.2) is 0 Å². The van der Waals surface area contributed by atoms with Gasteiger partial charge in [0.05, 0.1) is 12.7 Å². The van der Waals surface area contributed by atoms with E-state index in [-0.39, 0.29) is 0 Å². The van der Waals surface area contributed by atoms with E-state index >= 15 is 0 Å². The second-order valence-corrected chi connectivity index (χ2v) is 6.00. The fourth-order valence-corrected chi connectivity index (χ4v) is 2.95. The summed E-state index contributed by atoms with van der Waals surface area (Å²) in [5, 5.41) is 3.34. The van der Waals surface area contributed by atoms with E-state index in [1.165, 1.54) is 31.2 Å². The van der Waals surface area contributed by atoms with Crippen molar-refractivity contribution in [3.63, 3.8) is 0 Å². The van der Waals surface area contributed by atoms with E-state index in [0.717, 1.165) is 24.8 Å². The molecule has 1 aromatic rings. The topological polar surface area (TPSA) is 30.5 Å². The van der Waals surface area contributed by atoms with Crippen LogP contribution in [0, 0.1) is 5.92 Å². The Kier molecular flexibility index (Phi) is 7.04. The van der Waals surface area contributed by atoms with Crippen LogP contribution < -0.4 is 10.1 Å². The van der Waals surface area contributed by atoms with Crippen molar-refractivity contribution in [3.05, 3.63) is 29.8 Å². The predicted octanol–water partition coefficient (Wildman–Crippen LogP) is 3.77. The number of para-hydroxylation sites is 1. The molecular formula is C18H29NO2. The highest BCUT2D eigenvalue weighted by Crippen LogP contribution is 2.25. The van der Waals surface area contributed by atoms with Crippen molar-refractivity contribution in [1.82, 2.24) is 5.32 Å². The number of nitrogens with one attached hydrogen (secondary N) is 1. The Morgan fingerprint density at radius 2 is 2.05 bits per heavy atom. The maximum absolute atomic E-state index is 5.96. The van der Waals surface area contributed by atoms with Crippen LogP contribution in [0.1, 0.15) is 45.1 Å². The van der Waals surface area contributed by atoms with Crippen LogP contribution in [0.5, 0.6) is 5.75 Å². The molecule has 0 heterocycles. The summed E-state index contributed by atoms with van der Waals surface area (Å²) in [6, 6.07) is 8.23. The summed E-state index contributed by atoms with van der Waals surface area (Å²) in [6.45, 7) is 7.58. The Morgan fingerprint density at radius 3 is 2.86 bits per heavy atom. The van der Waals surface area contributed by atoms with Crippen molar-refractivity contribution in [1.29, 1.82) is 0 Å². The fourth-order valence-electron chi connectivity index (χ4n) is 2.95. The molecule has 0 aliphatic heterocycles. The average Bonchev–Trinajstić information content (AvgIpc) is 2.50. The molecule has 3 nitrogen and oxygen atoms in total. The third-order valence-electron chi connectivity index (χ3n) is 4.12. The first-order valence-corrected chi connectivity index (χ1v) is 8.32. The molecular weight excluding hydrogens is 262 g/mol. The van der Waals surface area contributed by atoms with Crippen LogP contribution in [0.4, 0.5) is 0 Å². The standard InChI is InChI=1S/C18H29NO2/c1-3-19-14-16-8-4-5-10-18(16)21-12-11-20-17-9-6-7-15(2)13-17/h4-5,8,10,15,17,19H,3,6-7,9,11-14H2,1-2H3. The van der Waals surface area contributed by atoms with Gasteiger partial charge in [0.1, 0.15) is 12.4 Å². The summed E-state index contributed by atoms with van der Waals surface area (Å²) in [7, 11) is 0. The van der Waals surface area contributed by atoms with Gasteiger partial charge in [-0.3, -0.25) is 0 Å². The summed E-state index contributed by atoms with van der Waals surface area (Å²) in [6.07, 6.45) is 5.51. The van der Waals surface area contributed by atoms with E-state index < -0.39 is 0 Å². The van der Waals surface area contributed by atoms with Crippen LogP contribution in [-0.2, 0) is 11.3 Å². The molecule has 0 saturated heterocycles. The van der Waals surface area contributed by atoms with E-state index in [1.807, 2.05) is 12.1 Å². The van der Waals surface area contributed by atoms with E-state index in [0.29, 0.717) is 19.3 Å². The van der Waals surface area contributed by atoms with Gasteiger partial charge in [-0.1, -0.05) is 44.9 Å². The molecule has 1 saturated carbocycles. The number of hydrogen-bond acceptors (Lipinski definition) is 3. The first-order chi connectivity index (χ1) is 10.3. The van der Waals surface area contributed by atoms with Gasteiger partial charge in [0, 0.05) is 12.1 Å². The Morgan fingerprint density at radius 1 is 1.19 bits per heavy atom. The molecule has 21 heavy (non-hydrogen) atoms. The maximum atomic E-state index is 5.96. The van der Waals surface area contributed by atoms with Crippen molar-refractivity contribution in [2.24, 2.45) is 5.92 Å². The van der Waals surface area contributed by atoms with Crippen LogP contribution in [-0.4, -0.2) is 25.9 Å². The van der Waals surface area contributed by atoms with Crippen molar-refractivity contribution >= 4 is 0 Å². The van der Waals surface area contributed by atoms with Crippen molar-refractivity contribution in [2.75, 3.05) is 19.8 Å². The Balaban J connectivity index is 1.70. The third kappa shape index (κ3) is 5.68. The highest BCUT2D eigenvalue weighted by atomic mass is 16.5. The number of ether oxygens (including phenoxy) is 2. The number of benzene rings is 1. The lowest BCUT2D eigenvalue weighted by atomic mass is 9.89. The lowest BCUT2D eigenvalue weighted by molar-refractivity contribution is 0.00185. The summed E-state index contributed by atoms with van der Waals surface area (Å²) < 4.78 is 11.8. The zero-order valence-electron chi connectivity index (χ0n) is 13.4. The second kappa shape index (κ2) is 9.06. The molecule has 2 atom stereocenters. The number of hydrogen-bond donors (Lipinski definition) is 1. The van der Waals surface area contributed by atoms with Crippen LogP contribution in [0.25, 0.3) is 0 Å². The molecule has 3 heteroatoms. The largest absolute Gasteiger partial charge is 0.491 e. The van der Waals surface area contributed by atoms with Crippen LogP contribution >= 0.6 is 0 Å². The summed E-state index contributed by atoms with van der Waals surface area (Å²) in [5.41, 5.74) is 1.21. The minimum Gasteiger partial charge on any atom is -0.491 e. The van der Waals surface area contributed by atoms with Gasteiger partial charge < -0.3 is 14.8 Å². The summed E-state index contributed by atoms with van der Waals surface area (Å²) in [5.74, 6) is 1.78. The van der Waals surface area contributed by atoms with E-state index in [4.69, 9.17) is 9.47 Å². The van der Waals surface area contributed by atoms with Crippen LogP contribution in [0.2, 0.25) is 0 Å². The second-order valence-electron chi connectivity index (χ2n) is 6.00. The maximum Gasteiger partial charge on any atom is 0.123 e. The van der Waals surface area contributed by atoms with Gasteiger partial charge in [0.25, 0.3) is 0 Å². The molecule has 1 aliphatic rings. The fraction of sp³-hybridized carbons (Fsp3) is 0.667. The van der Waals surface area contributed by atoms with Gasteiger partial charge in [-0.2, -0.15) is 0 Å². The highest BCUT2D eigenvalue weighted by molar-refractivity contribution is 5.33. The van der Waals surface area contributed by atoms with Gasteiger partial charge in [-0.05, 0) is 31.4 Å². The van der Waals surface area contributed by atoms with Gasteiger partial charge >= 0.3 is 0 Å². The molecule has 1 aliphatic carbocycles. The molecule has 0 spiro atoms. The molecule has 2 unspecified atom stereocenters. The molecule has 1 aromatic carbocycles. The van der Waals surface area contributed by atoms with Gasteiger partial charge in [-0.15, -0.1) is 0 Å². The van der Waals surface area contributed by atoms with Crippen molar-refractivity contribution < 1.29 is 9.47 Å². The molecule has 0 radical (unpaired) electrons. The van der Waals surface area contributed by atoms with Crippen LogP contribution in [0.15, 0.2) is 24.3 Å². The molecule has 0 amide bonds. The molecule has 0 aromatic heterocycles. The first-order valence-electron chi connectivity index (χ1n) is 8.32. The first kappa shape index (κ1) is 16.3. The Hall–Kier alpha value is -1.06. The molecule has 1 fully saturated rings. The van der Waals surface area contributed by atoms with E-state index in [1.54, 1.807) is 0 Å². The molecule has 1 N–H and O–H groups in total. The normalized spacial score (nSPS) is 22.2. The van der Waals surface area contributed by atoms with E-state index in [9.17, 15) is 0 Å². The average molecular weight is 291 g/mol. The third-order valence-corrected chi connectivity index (χ3v) is 4.12. The number of rotatable bonds is 8. The quantitative estimate of drug-likeness (QED) is 0.740. The van der Waals surface area contributed by atoms with Crippen molar-refractivity contribution in [3.8, 4) is 5.75 Å². The zero-order valence-corrected chi connectivity index (χ0v) is 13.4. The minimum atomic E-state index is 0.439. The van der Waals surface area contributed by atoms with Crippen LogP contribution in [0.3, 0.4) is 0 Å². The zero-order chi connectivity index (χ0) is 14.9. The van der Waals surface area contributed by atoms with Gasteiger partial charge in [0.2, 0.25) is 0 Å².